The summed E-state index contributed by atoms with van der Waals surface area (Å²) in [6.07, 6.45) is 2.99. The number of hydrogen-bond donors (Lipinski definition) is 0. The minimum absolute atomic E-state index is 0.0528. The number of rotatable bonds is 14. The molecule has 0 aliphatic carbocycles. The predicted molar refractivity (Wildman–Crippen MR) is 110 cm³/mol. The van der Waals surface area contributed by atoms with Crippen LogP contribution in [0.1, 0.15) is 52.0 Å². The zero-order chi connectivity index (χ0) is 21.8. The number of aryl methyl sites for hydroxylation is 1. The number of unbranched alkanes of at least 4 members (excludes halogenated alkanes) is 2. The largest absolute Gasteiger partial charge is 0.458 e. The van der Waals surface area contributed by atoms with Crippen LogP contribution in [0.3, 0.4) is 0 Å². The lowest BCUT2D eigenvalue weighted by atomic mass is 10.2. The highest BCUT2D eigenvalue weighted by Crippen LogP contribution is 2.14. The van der Waals surface area contributed by atoms with E-state index in [1.54, 1.807) is 24.3 Å². The third-order valence-electron chi connectivity index (χ3n) is 3.70. The minimum atomic E-state index is -3.68. The van der Waals surface area contributed by atoms with E-state index in [4.69, 9.17) is 18.4 Å². The quantitative estimate of drug-likeness (QED) is 0.253. The maximum Gasteiger partial charge on any atom is 0.332 e. The molecule has 1 aromatic rings. The fraction of sp³-hybridized carbons (Fsp3) is 0.667. The first-order valence-corrected chi connectivity index (χ1v) is 11.3. The van der Waals surface area contributed by atoms with Crippen LogP contribution in [0.25, 0.3) is 0 Å². The van der Waals surface area contributed by atoms with Crippen molar-refractivity contribution >= 4 is 16.1 Å². The number of esters is 1. The van der Waals surface area contributed by atoms with Crippen molar-refractivity contribution in [2.45, 2.75) is 63.9 Å². The molecule has 0 aromatic heterocycles. The molecule has 0 N–H and O–H groups in total. The van der Waals surface area contributed by atoms with Crippen molar-refractivity contribution in [3.8, 4) is 0 Å². The normalized spacial score (nSPS) is 12.1. The zero-order valence-electron chi connectivity index (χ0n) is 17.9. The summed E-state index contributed by atoms with van der Waals surface area (Å²) in [5.74, 6) is -0.370. The molecule has 0 atom stereocenters. The lowest BCUT2D eigenvalue weighted by Crippen LogP contribution is -2.26. The first-order valence-electron chi connectivity index (χ1n) is 9.93. The fourth-order valence-electron chi connectivity index (χ4n) is 2.32. The third kappa shape index (κ3) is 12.6. The van der Waals surface area contributed by atoms with Gasteiger partial charge < -0.3 is 14.2 Å². The van der Waals surface area contributed by atoms with Gasteiger partial charge in [-0.15, -0.1) is 0 Å². The van der Waals surface area contributed by atoms with E-state index < -0.39 is 15.7 Å². The maximum atomic E-state index is 12.0. The first-order chi connectivity index (χ1) is 13.6. The molecule has 0 heterocycles. The van der Waals surface area contributed by atoms with Crippen molar-refractivity contribution in [2.24, 2.45) is 0 Å². The van der Waals surface area contributed by atoms with Gasteiger partial charge in [0.1, 0.15) is 12.2 Å². The molecule has 0 aliphatic rings. The van der Waals surface area contributed by atoms with Crippen LogP contribution in [0.4, 0.5) is 0 Å². The predicted octanol–water partition coefficient (Wildman–Crippen LogP) is 3.64. The molecule has 0 aliphatic heterocycles. The van der Waals surface area contributed by atoms with Gasteiger partial charge in [0.25, 0.3) is 10.1 Å². The van der Waals surface area contributed by atoms with Gasteiger partial charge in [0, 0.05) is 19.8 Å². The Morgan fingerprint density at radius 2 is 1.45 bits per heavy atom. The molecule has 0 amide bonds. The van der Waals surface area contributed by atoms with Gasteiger partial charge in [-0.2, -0.15) is 8.42 Å². The molecule has 166 valence electrons. The van der Waals surface area contributed by atoms with Crippen molar-refractivity contribution < 1.29 is 31.6 Å². The highest BCUT2D eigenvalue weighted by Gasteiger charge is 2.16. The molecule has 0 spiro atoms. The van der Waals surface area contributed by atoms with Crippen LogP contribution in [0, 0.1) is 6.92 Å². The van der Waals surface area contributed by atoms with Gasteiger partial charge in [0.2, 0.25) is 0 Å². The van der Waals surface area contributed by atoms with Gasteiger partial charge in [0.15, 0.2) is 0 Å². The first kappa shape index (κ1) is 25.6. The van der Waals surface area contributed by atoms with E-state index in [1.807, 2.05) is 27.7 Å². The molecule has 29 heavy (non-hydrogen) atoms. The molecule has 0 saturated heterocycles. The number of carbonyl (C=O) groups excluding carboxylic acids is 1. The van der Waals surface area contributed by atoms with Gasteiger partial charge in [-0.3, -0.25) is 4.18 Å². The Morgan fingerprint density at radius 1 is 0.862 bits per heavy atom. The Bertz CT molecular complexity index is 691. The molecule has 1 aromatic carbocycles. The standard InChI is InChI=1S/C21H34O7S/c1-18-9-11-19(12-10-18)29(23,24)27-16-7-5-6-13-25-14-8-15-26-17-20(22)28-21(2,3)4/h9-12H,5-8,13-17H2,1-4H3. The SMILES string of the molecule is Cc1ccc(S(=O)(=O)OCCCCCOCCCOCC(=O)OC(C)(C)C)cc1. The Balaban J connectivity index is 1.96. The summed E-state index contributed by atoms with van der Waals surface area (Å²) in [5.41, 5.74) is 0.498. The molecule has 0 fully saturated rings. The van der Waals surface area contributed by atoms with Gasteiger partial charge in [0.05, 0.1) is 11.5 Å². The summed E-state index contributed by atoms with van der Waals surface area (Å²) in [4.78, 5) is 11.6. The van der Waals surface area contributed by atoms with Gasteiger partial charge in [-0.25, -0.2) is 4.79 Å². The fourth-order valence-corrected chi connectivity index (χ4v) is 3.26. The molecule has 0 bridgehead atoms. The van der Waals surface area contributed by atoms with Crippen molar-refractivity contribution in [3.05, 3.63) is 29.8 Å². The molecular formula is C21H34O7S. The lowest BCUT2D eigenvalue weighted by Gasteiger charge is -2.19. The molecule has 0 unspecified atom stereocenters. The average Bonchev–Trinajstić information content (AvgIpc) is 2.61. The average molecular weight is 431 g/mol. The van der Waals surface area contributed by atoms with Crippen LogP contribution in [0.5, 0.6) is 0 Å². The Labute approximate surface area is 174 Å². The third-order valence-corrected chi connectivity index (χ3v) is 5.02. The summed E-state index contributed by atoms with van der Waals surface area (Å²) in [6.45, 7) is 9.02. The van der Waals surface area contributed by atoms with E-state index in [9.17, 15) is 13.2 Å². The Morgan fingerprint density at radius 3 is 2.10 bits per heavy atom. The summed E-state index contributed by atoms with van der Waals surface area (Å²) in [5, 5.41) is 0. The Kier molecular flexibility index (Phi) is 11.4. The van der Waals surface area contributed by atoms with Crippen molar-refractivity contribution in [2.75, 3.05) is 33.0 Å². The second-order valence-corrected chi connectivity index (χ2v) is 9.37. The molecule has 8 heteroatoms. The van der Waals surface area contributed by atoms with Crippen molar-refractivity contribution in [1.29, 1.82) is 0 Å². The second-order valence-electron chi connectivity index (χ2n) is 7.75. The highest BCUT2D eigenvalue weighted by molar-refractivity contribution is 7.86. The van der Waals surface area contributed by atoms with E-state index in [0.717, 1.165) is 18.4 Å². The second kappa shape index (κ2) is 13.0. The number of ether oxygens (including phenoxy) is 3. The van der Waals surface area contributed by atoms with Crippen LogP contribution in [-0.2, 0) is 33.3 Å². The van der Waals surface area contributed by atoms with Crippen LogP contribution >= 0.6 is 0 Å². The van der Waals surface area contributed by atoms with E-state index in [0.29, 0.717) is 32.7 Å². The van der Waals surface area contributed by atoms with Crippen molar-refractivity contribution in [1.82, 2.24) is 0 Å². The van der Waals surface area contributed by atoms with E-state index >= 15 is 0 Å². The molecule has 1 rings (SSSR count). The number of carbonyl (C=O) groups is 1. The van der Waals surface area contributed by atoms with Crippen molar-refractivity contribution in [3.63, 3.8) is 0 Å². The van der Waals surface area contributed by atoms with Crippen LogP contribution in [0.15, 0.2) is 29.2 Å². The zero-order valence-corrected chi connectivity index (χ0v) is 18.8. The number of hydrogen-bond acceptors (Lipinski definition) is 7. The Hall–Kier alpha value is -1.48. The minimum Gasteiger partial charge on any atom is -0.458 e. The summed E-state index contributed by atoms with van der Waals surface area (Å²) in [7, 11) is -3.68. The molecule has 0 radical (unpaired) electrons. The monoisotopic (exact) mass is 430 g/mol. The number of benzene rings is 1. The van der Waals surface area contributed by atoms with E-state index in [-0.39, 0.29) is 24.1 Å². The van der Waals surface area contributed by atoms with Crippen LogP contribution in [-0.4, -0.2) is 53.0 Å². The van der Waals surface area contributed by atoms with Crippen LogP contribution in [0.2, 0.25) is 0 Å². The molecule has 7 nitrogen and oxygen atoms in total. The van der Waals surface area contributed by atoms with Gasteiger partial charge in [-0.1, -0.05) is 17.7 Å². The summed E-state index contributed by atoms with van der Waals surface area (Å²) < 4.78 is 45.0. The molecule has 0 saturated carbocycles. The smallest absolute Gasteiger partial charge is 0.332 e. The summed E-state index contributed by atoms with van der Waals surface area (Å²) >= 11 is 0. The maximum absolute atomic E-state index is 12.0. The summed E-state index contributed by atoms with van der Waals surface area (Å²) in [6, 6.07) is 6.60. The van der Waals surface area contributed by atoms with E-state index in [1.165, 1.54) is 0 Å². The highest BCUT2D eigenvalue weighted by atomic mass is 32.2. The lowest BCUT2D eigenvalue weighted by molar-refractivity contribution is -0.160. The topological polar surface area (TPSA) is 88.1 Å². The van der Waals surface area contributed by atoms with E-state index in [2.05, 4.69) is 0 Å². The molecular weight excluding hydrogens is 396 g/mol. The van der Waals surface area contributed by atoms with Gasteiger partial charge >= 0.3 is 5.97 Å². The van der Waals surface area contributed by atoms with Gasteiger partial charge in [-0.05, 0) is 65.5 Å². The van der Waals surface area contributed by atoms with Crippen LogP contribution < -0.4 is 0 Å².